The van der Waals surface area contributed by atoms with Crippen molar-refractivity contribution >= 4 is 46.8 Å². The number of nitrogens with one attached hydrogen (secondary N) is 1. The second kappa shape index (κ2) is 11.4. The van der Waals surface area contributed by atoms with E-state index in [1.165, 1.54) is 28.8 Å². The number of amides is 2. The minimum absolute atomic E-state index is 0.0822. The largest absolute Gasteiger partial charge is 0.355 e. The highest BCUT2D eigenvalue weighted by molar-refractivity contribution is 7.99. The van der Waals surface area contributed by atoms with Crippen molar-refractivity contribution in [3.8, 4) is 0 Å². The molecule has 0 spiro atoms. The van der Waals surface area contributed by atoms with Crippen molar-refractivity contribution in [3.63, 3.8) is 0 Å². The average Bonchev–Trinajstić information content (AvgIpc) is 2.69. The fourth-order valence-corrected chi connectivity index (χ4v) is 4.15. The zero-order valence-electron chi connectivity index (χ0n) is 16.3. The van der Waals surface area contributed by atoms with Crippen LogP contribution < -0.4 is 5.32 Å². The van der Waals surface area contributed by atoms with Crippen LogP contribution in [0, 0.1) is 5.82 Å². The fourth-order valence-electron chi connectivity index (χ4n) is 2.71. The molecule has 0 bridgehead atoms. The Kier molecular flexibility index (Phi) is 9.27. The number of hydrogen-bond acceptors (Lipinski definition) is 3. The zero-order chi connectivity index (χ0) is 21.4. The Morgan fingerprint density at radius 3 is 2.48 bits per heavy atom. The van der Waals surface area contributed by atoms with E-state index in [1.54, 1.807) is 25.1 Å². The number of benzene rings is 2. The molecule has 2 aromatic carbocycles. The fraction of sp³-hybridized carbons (Fsp3) is 0.333. The van der Waals surface area contributed by atoms with Gasteiger partial charge in [-0.05, 0) is 37.6 Å². The number of carbonyl (C=O) groups is 2. The highest BCUT2D eigenvalue weighted by Crippen LogP contribution is 2.25. The van der Waals surface area contributed by atoms with Crippen molar-refractivity contribution < 1.29 is 14.0 Å². The molecule has 0 aromatic heterocycles. The van der Waals surface area contributed by atoms with Crippen LogP contribution in [-0.4, -0.2) is 35.1 Å². The molecule has 29 heavy (non-hydrogen) atoms. The van der Waals surface area contributed by atoms with Gasteiger partial charge in [0.15, 0.2) is 0 Å². The first-order chi connectivity index (χ1) is 13.8. The van der Waals surface area contributed by atoms with Crippen molar-refractivity contribution in [2.45, 2.75) is 32.2 Å². The number of hydrogen-bond donors (Lipinski definition) is 1. The van der Waals surface area contributed by atoms with Crippen LogP contribution in [0.25, 0.3) is 0 Å². The number of carbonyl (C=O) groups excluding carboxylic acids is 2. The molecule has 0 saturated heterocycles. The van der Waals surface area contributed by atoms with Gasteiger partial charge in [-0.2, -0.15) is 0 Å². The summed E-state index contributed by atoms with van der Waals surface area (Å²) in [5, 5.41) is 3.59. The summed E-state index contributed by atoms with van der Waals surface area (Å²) in [5.41, 5.74) is 1.11. The van der Waals surface area contributed by atoms with Crippen molar-refractivity contribution in [1.29, 1.82) is 0 Å². The second-order valence-electron chi connectivity index (χ2n) is 6.38. The Bertz CT molecular complexity index is 846. The van der Waals surface area contributed by atoms with Crippen LogP contribution in [0.2, 0.25) is 10.0 Å². The molecule has 1 unspecified atom stereocenters. The lowest BCUT2D eigenvalue weighted by Crippen LogP contribution is -2.48. The monoisotopic (exact) mass is 456 g/mol. The molecule has 0 saturated carbocycles. The van der Waals surface area contributed by atoms with Gasteiger partial charge in [-0.25, -0.2) is 4.39 Å². The van der Waals surface area contributed by atoms with E-state index in [2.05, 4.69) is 5.32 Å². The lowest BCUT2D eigenvalue weighted by Gasteiger charge is -2.29. The van der Waals surface area contributed by atoms with Gasteiger partial charge in [-0.1, -0.05) is 47.5 Å². The molecule has 0 radical (unpaired) electrons. The summed E-state index contributed by atoms with van der Waals surface area (Å²) in [4.78, 5) is 26.7. The SMILES string of the molecule is CCNC(=O)C(C)N(Cc1ccccc1Cl)C(=O)CSCc1c(F)cccc1Cl. The quantitative estimate of drug-likeness (QED) is 0.582. The smallest absolute Gasteiger partial charge is 0.242 e. The van der Waals surface area contributed by atoms with E-state index in [1.807, 2.05) is 19.1 Å². The van der Waals surface area contributed by atoms with Gasteiger partial charge in [0, 0.05) is 34.5 Å². The Morgan fingerprint density at radius 2 is 1.83 bits per heavy atom. The van der Waals surface area contributed by atoms with Crippen LogP contribution in [0.15, 0.2) is 42.5 Å². The van der Waals surface area contributed by atoms with Crippen LogP contribution >= 0.6 is 35.0 Å². The molecule has 0 aliphatic heterocycles. The van der Waals surface area contributed by atoms with Gasteiger partial charge >= 0.3 is 0 Å². The molecule has 4 nitrogen and oxygen atoms in total. The first-order valence-corrected chi connectivity index (χ1v) is 11.1. The molecule has 156 valence electrons. The summed E-state index contributed by atoms with van der Waals surface area (Å²) < 4.78 is 13.9. The van der Waals surface area contributed by atoms with Crippen LogP contribution in [0.4, 0.5) is 4.39 Å². The molecule has 0 aliphatic carbocycles. The molecular formula is C21H23Cl2FN2O2S. The van der Waals surface area contributed by atoms with Gasteiger partial charge in [-0.3, -0.25) is 9.59 Å². The number of thioether (sulfide) groups is 1. The van der Waals surface area contributed by atoms with E-state index in [0.717, 1.165) is 5.56 Å². The third-order valence-electron chi connectivity index (χ3n) is 4.35. The van der Waals surface area contributed by atoms with Crippen LogP contribution in [-0.2, 0) is 21.9 Å². The minimum atomic E-state index is -0.670. The number of likely N-dealkylation sites (N-methyl/N-ethyl adjacent to an activating group) is 1. The number of rotatable bonds is 9. The Labute approximate surface area is 184 Å². The van der Waals surface area contributed by atoms with E-state index in [0.29, 0.717) is 22.2 Å². The molecule has 1 N–H and O–H groups in total. The van der Waals surface area contributed by atoms with Gasteiger partial charge < -0.3 is 10.2 Å². The minimum Gasteiger partial charge on any atom is -0.355 e. The molecule has 0 fully saturated rings. The normalized spacial score (nSPS) is 11.8. The Morgan fingerprint density at radius 1 is 1.14 bits per heavy atom. The second-order valence-corrected chi connectivity index (χ2v) is 8.18. The van der Waals surface area contributed by atoms with Crippen molar-refractivity contribution in [1.82, 2.24) is 10.2 Å². The number of nitrogens with zero attached hydrogens (tertiary/aromatic N) is 1. The first kappa shape index (κ1) is 23.5. The molecule has 0 aliphatic rings. The average molecular weight is 457 g/mol. The molecular weight excluding hydrogens is 434 g/mol. The van der Waals surface area contributed by atoms with Gasteiger partial charge in [0.25, 0.3) is 0 Å². The molecule has 2 amide bonds. The van der Waals surface area contributed by atoms with Gasteiger partial charge in [0.2, 0.25) is 11.8 Å². The van der Waals surface area contributed by atoms with E-state index in [4.69, 9.17) is 23.2 Å². The highest BCUT2D eigenvalue weighted by Gasteiger charge is 2.26. The first-order valence-electron chi connectivity index (χ1n) is 9.16. The molecule has 8 heteroatoms. The molecule has 2 rings (SSSR count). The standard InChI is InChI=1S/C21H23Cl2FN2O2S/c1-3-25-21(28)14(2)26(11-15-7-4-5-8-17(15)22)20(27)13-29-12-16-18(23)9-6-10-19(16)24/h4-10,14H,3,11-13H2,1-2H3,(H,25,28). The third-order valence-corrected chi connectivity index (χ3v) is 6.02. The van der Waals surface area contributed by atoms with Gasteiger partial charge in [0.1, 0.15) is 11.9 Å². The lowest BCUT2D eigenvalue weighted by molar-refractivity contribution is -0.138. The summed E-state index contributed by atoms with van der Waals surface area (Å²) in [6, 6.07) is 11.0. The van der Waals surface area contributed by atoms with Crippen LogP contribution in [0.1, 0.15) is 25.0 Å². The third kappa shape index (κ3) is 6.63. The molecule has 1 atom stereocenters. The highest BCUT2D eigenvalue weighted by atomic mass is 35.5. The van der Waals surface area contributed by atoms with E-state index in [9.17, 15) is 14.0 Å². The predicted octanol–water partition coefficient (Wildman–Crippen LogP) is 4.92. The molecule has 2 aromatic rings. The van der Waals surface area contributed by atoms with Crippen LogP contribution in [0.3, 0.4) is 0 Å². The maximum absolute atomic E-state index is 13.9. The van der Waals surface area contributed by atoms with E-state index < -0.39 is 11.9 Å². The maximum Gasteiger partial charge on any atom is 0.242 e. The van der Waals surface area contributed by atoms with E-state index in [-0.39, 0.29) is 29.9 Å². The molecule has 0 heterocycles. The van der Waals surface area contributed by atoms with Crippen molar-refractivity contribution in [3.05, 3.63) is 69.5 Å². The summed E-state index contributed by atoms with van der Waals surface area (Å²) in [6.07, 6.45) is 0. The zero-order valence-corrected chi connectivity index (χ0v) is 18.6. The lowest BCUT2D eigenvalue weighted by atomic mass is 10.1. The van der Waals surface area contributed by atoms with Crippen molar-refractivity contribution in [2.24, 2.45) is 0 Å². The topological polar surface area (TPSA) is 49.4 Å². The summed E-state index contributed by atoms with van der Waals surface area (Å²) in [6.45, 7) is 4.17. The van der Waals surface area contributed by atoms with E-state index >= 15 is 0 Å². The maximum atomic E-state index is 13.9. The van der Waals surface area contributed by atoms with Crippen LogP contribution in [0.5, 0.6) is 0 Å². The Balaban J connectivity index is 2.11. The summed E-state index contributed by atoms with van der Waals surface area (Å²) >= 11 is 13.5. The Hall–Kier alpha value is -1.76. The van der Waals surface area contributed by atoms with Gasteiger partial charge in [0.05, 0.1) is 5.75 Å². The summed E-state index contributed by atoms with van der Waals surface area (Å²) in [7, 11) is 0. The van der Waals surface area contributed by atoms with Gasteiger partial charge in [-0.15, -0.1) is 11.8 Å². The predicted molar refractivity (Wildman–Crippen MR) is 118 cm³/mol. The summed E-state index contributed by atoms with van der Waals surface area (Å²) in [5.74, 6) is -0.539. The van der Waals surface area contributed by atoms with Crippen molar-refractivity contribution in [2.75, 3.05) is 12.3 Å². The number of halogens is 3.